The largest absolute Gasteiger partial charge is 0.452 e. The molecule has 2 aliphatic heterocycles. The number of carbonyl (C=O) groups is 1. The molecule has 4 aliphatic rings. The van der Waals surface area contributed by atoms with Gasteiger partial charge in [0.05, 0.1) is 11.2 Å². The van der Waals surface area contributed by atoms with Crippen molar-refractivity contribution in [2.45, 2.75) is 68.9 Å². The fourth-order valence-electron chi connectivity index (χ4n) is 5.07. The van der Waals surface area contributed by atoms with Crippen LogP contribution in [-0.2, 0) is 14.3 Å². The number of fused-ring (bicyclic) bond motifs is 1. The lowest BCUT2D eigenvalue weighted by atomic mass is 9.52. The molecule has 0 amide bonds. The predicted molar refractivity (Wildman–Crippen MR) is 67.4 cm³/mol. The van der Waals surface area contributed by atoms with Gasteiger partial charge in [-0.1, -0.05) is 13.5 Å². The van der Waals surface area contributed by atoms with Gasteiger partial charge in [0.15, 0.2) is 6.10 Å². The molecule has 2 aliphatic carbocycles. The monoisotopic (exact) mass is 264 g/mol. The van der Waals surface area contributed by atoms with Crippen LogP contribution in [-0.4, -0.2) is 34.0 Å². The molecule has 4 rings (SSSR count). The van der Waals surface area contributed by atoms with E-state index in [1.54, 1.807) is 0 Å². The van der Waals surface area contributed by atoms with E-state index in [9.17, 15) is 9.90 Å². The van der Waals surface area contributed by atoms with Crippen LogP contribution in [0.4, 0.5) is 0 Å². The van der Waals surface area contributed by atoms with Gasteiger partial charge in [-0.2, -0.15) is 0 Å². The summed E-state index contributed by atoms with van der Waals surface area (Å²) in [6.07, 6.45) is 3.99. The van der Waals surface area contributed by atoms with Crippen molar-refractivity contribution in [3.63, 3.8) is 0 Å². The molecule has 19 heavy (non-hydrogen) atoms. The van der Waals surface area contributed by atoms with Gasteiger partial charge in [-0.05, 0) is 39.0 Å². The van der Waals surface area contributed by atoms with Crippen molar-refractivity contribution < 1.29 is 19.4 Å². The number of hydrogen-bond acceptors (Lipinski definition) is 4. The van der Waals surface area contributed by atoms with E-state index in [0.717, 1.165) is 25.7 Å². The van der Waals surface area contributed by atoms with Crippen LogP contribution in [0.5, 0.6) is 0 Å². The second-order valence-corrected chi connectivity index (χ2v) is 7.17. The Morgan fingerprint density at radius 1 is 1.26 bits per heavy atom. The smallest absolute Gasteiger partial charge is 0.336 e. The van der Waals surface area contributed by atoms with Gasteiger partial charge in [0, 0.05) is 5.41 Å². The van der Waals surface area contributed by atoms with Crippen molar-refractivity contribution in [1.29, 1.82) is 0 Å². The van der Waals surface area contributed by atoms with Gasteiger partial charge in [-0.15, -0.1) is 0 Å². The zero-order valence-corrected chi connectivity index (χ0v) is 11.5. The van der Waals surface area contributed by atoms with Crippen molar-refractivity contribution in [1.82, 2.24) is 0 Å². The Kier molecular flexibility index (Phi) is 1.83. The van der Waals surface area contributed by atoms with Crippen molar-refractivity contribution in [3.8, 4) is 0 Å². The summed E-state index contributed by atoms with van der Waals surface area (Å²) in [4.78, 5) is 11.9. The van der Waals surface area contributed by atoms with E-state index < -0.39 is 23.3 Å². The lowest BCUT2D eigenvalue weighted by molar-refractivity contribution is -0.165. The van der Waals surface area contributed by atoms with Crippen molar-refractivity contribution in [3.05, 3.63) is 12.2 Å². The highest BCUT2D eigenvalue weighted by atomic mass is 16.7. The molecule has 2 saturated carbocycles. The SMILES string of the molecule is C=C1C(=O)O[C@H]2[C@@]34O[C@]3(C)CCC[C@]4(C)CC[C@@]12O. The van der Waals surface area contributed by atoms with Gasteiger partial charge in [-0.3, -0.25) is 0 Å². The van der Waals surface area contributed by atoms with Gasteiger partial charge in [-0.25, -0.2) is 4.79 Å². The Morgan fingerprint density at radius 3 is 2.74 bits per heavy atom. The van der Waals surface area contributed by atoms with Crippen LogP contribution in [0.15, 0.2) is 12.2 Å². The Labute approximate surface area is 112 Å². The fraction of sp³-hybridized carbons (Fsp3) is 0.800. The molecular formula is C15H20O4. The summed E-state index contributed by atoms with van der Waals surface area (Å²) >= 11 is 0. The number of ether oxygens (including phenoxy) is 2. The molecule has 104 valence electrons. The van der Waals surface area contributed by atoms with Crippen LogP contribution in [0.2, 0.25) is 0 Å². The first kappa shape index (κ1) is 11.9. The van der Waals surface area contributed by atoms with E-state index in [-0.39, 0.29) is 16.6 Å². The molecule has 0 bridgehead atoms. The predicted octanol–water partition coefficient (Wildman–Crippen LogP) is 1.71. The van der Waals surface area contributed by atoms with E-state index in [1.165, 1.54) is 0 Å². The zero-order chi connectivity index (χ0) is 13.7. The quantitative estimate of drug-likeness (QED) is 0.411. The average molecular weight is 264 g/mol. The van der Waals surface area contributed by atoms with Crippen molar-refractivity contribution >= 4 is 5.97 Å². The first-order valence-electron chi connectivity index (χ1n) is 7.12. The highest BCUT2D eigenvalue weighted by Gasteiger charge is 2.85. The average Bonchev–Trinajstić information content (AvgIpc) is 2.92. The minimum absolute atomic E-state index is 0.0121. The molecule has 1 N–H and O–H groups in total. The third-order valence-corrected chi connectivity index (χ3v) is 6.26. The number of aliphatic hydroxyl groups is 1. The number of rotatable bonds is 0. The van der Waals surface area contributed by atoms with E-state index >= 15 is 0 Å². The second-order valence-electron chi connectivity index (χ2n) is 7.17. The summed E-state index contributed by atoms with van der Waals surface area (Å²) in [6.45, 7) is 8.05. The number of hydrogen-bond donors (Lipinski definition) is 1. The number of epoxide rings is 1. The molecule has 0 radical (unpaired) electrons. The minimum Gasteiger partial charge on any atom is -0.452 e. The van der Waals surface area contributed by atoms with Gasteiger partial charge >= 0.3 is 5.97 Å². The second kappa shape index (κ2) is 2.91. The van der Waals surface area contributed by atoms with Crippen LogP contribution in [0.25, 0.3) is 0 Å². The topological polar surface area (TPSA) is 59.1 Å². The summed E-state index contributed by atoms with van der Waals surface area (Å²) < 4.78 is 11.7. The van der Waals surface area contributed by atoms with Crippen molar-refractivity contribution in [2.75, 3.05) is 0 Å². The van der Waals surface area contributed by atoms with Gasteiger partial charge in [0.25, 0.3) is 0 Å². The number of esters is 1. The third-order valence-electron chi connectivity index (χ3n) is 6.26. The van der Waals surface area contributed by atoms with Gasteiger partial charge in [0.1, 0.15) is 11.2 Å². The zero-order valence-electron chi connectivity index (χ0n) is 11.5. The Morgan fingerprint density at radius 2 is 2.00 bits per heavy atom. The summed E-state index contributed by atoms with van der Waals surface area (Å²) in [5.74, 6) is -0.463. The molecule has 2 heterocycles. The molecule has 4 fully saturated rings. The van der Waals surface area contributed by atoms with Crippen LogP contribution < -0.4 is 0 Å². The Hall–Kier alpha value is -0.870. The summed E-state index contributed by atoms with van der Waals surface area (Å²) in [5.41, 5.74) is -1.81. The summed E-state index contributed by atoms with van der Waals surface area (Å²) in [5, 5.41) is 10.9. The van der Waals surface area contributed by atoms with E-state index in [0.29, 0.717) is 6.42 Å². The van der Waals surface area contributed by atoms with Crippen LogP contribution in [0.3, 0.4) is 0 Å². The van der Waals surface area contributed by atoms with Gasteiger partial charge in [0.2, 0.25) is 0 Å². The Balaban J connectivity index is 1.87. The van der Waals surface area contributed by atoms with Crippen molar-refractivity contribution in [2.24, 2.45) is 5.41 Å². The molecule has 1 spiro atoms. The molecular weight excluding hydrogens is 244 g/mol. The lowest BCUT2D eigenvalue weighted by Crippen LogP contribution is -2.63. The molecule has 4 nitrogen and oxygen atoms in total. The first-order chi connectivity index (χ1) is 8.79. The van der Waals surface area contributed by atoms with E-state index in [2.05, 4.69) is 20.4 Å². The van der Waals surface area contributed by atoms with Gasteiger partial charge < -0.3 is 14.6 Å². The Bertz CT molecular complexity index is 514. The number of carbonyl (C=O) groups excluding carboxylic acids is 1. The third kappa shape index (κ3) is 1.02. The maximum Gasteiger partial charge on any atom is 0.336 e. The molecule has 0 aromatic carbocycles. The molecule has 5 atom stereocenters. The standard InChI is InChI=1S/C15H20O4/c1-9-10(16)18-11-14(9,17)8-7-12(2)5-4-6-13(3)15(11,12)19-13/h11,17H,1,4-8H2,2-3H3/t11-,12-,13-,14-,15+/m1/s1. The first-order valence-corrected chi connectivity index (χ1v) is 7.12. The molecule has 0 unspecified atom stereocenters. The maximum atomic E-state index is 11.9. The van der Waals surface area contributed by atoms with E-state index in [1.807, 2.05) is 0 Å². The highest BCUT2D eigenvalue weighted by molar-refractivity contribution is 5.93. The van der Waals surface area contributed by atoms with Crippen LogP contribution >= 0.6 is 0 Å². The molecule has 2 saturated heterocycles. The summed E-state index contributed by atoms with van der Waals surface area (Å²) in [6, 6.07) is 0. The molecule has 0 aromatic heterocycles. The van der Waals surface area contributed by atoms with Crippen LogP contribution in [0.1, 0.15) is 46.0 Å². The van der Waals surface area contributed by atoms with Crippen LogP contribution in [0, 0.1) is 5.41 Å². The lowest BCUT2D eigenvalue weighted by Gasteiger charge is -2.51. The minimum atomic E-state index is -1.23. The summed E-state index contributed by atoms with van der Waals surface area (Å²) in [7, 11) is 0. The molecule has 4 heteroatoms. The normalized spacial score (nSPS) is 59.0. The highest BCUT2D eigenvalue weighted by Crippen LogP contribution is 2.73. The van der Waals surface area contributed by atoms with E-state index in [4.69, 9.17) is 9.47 Å². The molecule has 0 aromatic rings. The fourth-order valence-corrected chi connectivity index (χ4v) is 5.07. The maximum absolute atomic E-state index is 11.9.